The molecular formula is C19H20F2N2O4S. The molecule has 1 aromatic carbocycles. The summed E-state index contributed by atoms with van der Waals surface area (Å²) >= 11 is 1.22. The first-order valence-electron chi connectivity index (χ1n) is 8.50. The summed E-state index contributed by atoms with van der Waals surface area (Å²) < 4.78 is 32.4. The van der Waals surface area contributed by atoms with Gasteiger partial charge in [-0.15, -0.1) is 11.3 Å². The van der Waals surface area contributed by atoms with E-state index in [0.29, 0.717) is 4.88 Å². The average Bonchev–Trinajstić information content (AvgIpc) is 3.16. The molecule has 2 rings (SSSR count). The van der Waals surface area contributed by atoms with Crippen LogP contribution < -0.4 is 10.6 Å². The molecule has 28 heavy (non-hydrogen) atoms. The lowest BCUT2D eigenvalue weighted by Crippen LogP contribution is -2.47. The van der Waals surface area contributed by atoms with Gasteiger partial charge in [-0.1, -0.05) is 26.0 Å². The van der Waals surface area contributed by atoms with E-state index in [4.69, 9.17) is 4.74 Å². The van der Waals surface area contributed by atoms with Gasteiger partial charge in [0.25, 0.3) is 11.8 Å². The van der Waals surface area contributed by atoms with Gasteiger partial charge in [-0.2, -0.15) is 0 Å². The number of hydrogen-bond acceptors (Lipinski definition) is 5. The largest absolute Gasteiger partial charge is 0.451 e. The van der Waals surface area contributed by atoms with Gasteiger partial charge in [-0.05, 0) is 36.4 Å². The second kappa shape index (κ2) is 9.41. The summed E-state index contributed by atoms with van der Waals surface area (Å²) in [6.07, 6.45) is -1.33. The molecule has 0 aliphatic rings. The molecule has 0 unspecified atom stereocenters. The van der Waals surface area contributed by atoms with Crippen LogP contribution in [-0.2, 0) is 14.3 Å². The number of halogens is 2. The summed E-state index contributed by atoms with van der Waals surface area (Å²) in [4.78, 5) is 37.2. The standard InChI is InChI=1S/C19H20F2N2O4S/c1-10(2)15(22-18(25)14-8-5-9-28-14)19(26)27-11(3)17(24)23-16-12(20)6-4-7-13(16)21/h4-11,15H,1-3H3,(H,22,25)(H,23,24)/t11-,15+/m0/s1. The number of rotatable bonds is 7. The van der Waals surface area contributed by atoms with Crippen molar-refractivity contribution in [2.45, 2.75) is 32.9 Å². The van der Waals surface area contributed by atoms with E-state index in [0.717, 1.165) is 18.2 Å². The van der Waals surface area contributed by atoms with Crippen LogP contribution in [-0.4, -0.2) is 29.9 Å². The molecule has 2 atom stereocenters. The molecular weight excluding hydrogens is 390 g/mol. The van der Waals surface area contributed by atoms with E-state index < -0.39 is 47.3 Å². The van der Waals surface area contributed by atoms with Gasteiger partial charge < -0.3 is 15.4 Å². The Bertz CT molecular complexity index is 835. The van der Waals surface area contributed by atoms with Gasteiger partial charge in [0, 0.05) is 0 Å². The second-order valence-electron chi connectivity index (χ2n) is 6.34. The third-order valence-electron chi connectivity index (χ3n) is 3.83. The molecule has 1 heterocycles. The van der Waals surface area contributed by atoms with Crippen molar-refractivity contribution in [3.05, 3.63) is 52.2 Å². The molecule has 6 nitrogen and oxygen atoms in total. The van der Waals surface area contributed by atoms with Crippen LogP contribution >= 0.6 is 11.3 Å². The van der Waals surface area contributed by atoms with Gasteiger partial charge in [-0.25, -0.2) is 13.6 Å². The first-order chi connectivity index (χ1) is 13.2. The third kappa shape index (κ3) is 5.35. The molecule has 150 valence electrons. The highest BCUT2D eigenvalue weighted by atomic mass is 32.1. The van der Waals surface area contributed by atoms with E-state index in [2.05, 4.69) is 10.6 Å². The number of amides is 2. The molecule has 0 bridgehead atoms. The number of para-hydroxylation sites is 1. The second-order valence-corrected chi connectivity index (χ2v) is 7.29. The number of esters is 1. The number of benzene rings is 1. The number of hydrogen-bond donors (Lipinski definition) is 2. The van der Waals surface area contributed by atoms with E-state index in [9.17, 15) is 23.2 Å². The Balaban J connectivity index is 2.01. The molecule has 9 heteroatoms. The fraction of sp³-hybridized carbons (Fsp3) is 0.316. The number of carbonyl (C=O) groups is 3. The van der Waals surface area contributed by atoms with E-state index in [1.165, 1.54) is 18.3 Å². The monoisotopic (exact) mass is 410 g/mol. The van der Waals surface area contributed by atoms with Gasteiger partial charge in [0.05, 0.1) is 4.88 Å². The smallest absolute Gasteiger partial charge is 0.329 e. The Hall–Kier alpha value is -2.81. The Labute approximate surface area is 164 Å². The zero-order valence-electron chi connectivity index (χ0n) is 15.5. The van der Waals surface area contributed by atoms with E-state index in [1.54, 1.807) is 31.4 Å². The number of nitrogens with one attached hydrogen (secondary N) is 2. The number of thiophene rings is 1. The van der Waals surface area contributed by atoms with Crippen LogP contribution in [0.15, 0.2) is 35.7 Å². The molecule has 0 saturated carbocycles. The van der Waals surface area contributed by atoms with Gasteiger partial charge >= 0.3 is 5.97 Å². The minimum atomic E-state index is -1.33. The SMILES string of the molecule is CC(C)[C@@H](NC(=O)c1cccs1)C(=O)O[C@@H](C)C(=O)Nc1c(F)cccc1F. The fourth-order valence-corrected chi connectivity index (χ4v) is 2.89. The normalized spacial score (nSPS) is 12.9. The predicted octanol–water partition coefficient (Wildman–Crippen LogP) is 3.35. The van der Waals surface area contributed by atoms with Crippen LogP contribution in [0.1, 0.15) is 30.4 Å². The summed E-state index contributed by atoms with van der Waals surface area (Å²) in [7, 11) is 0. The van der Waals surface area contributed by atoms with Crippen LogP contribution in [0.4, 0.5) is 14.5 Å². The zero-order valence-corrected chi connectivity index (χ0v) is 16.3. The molecule has 2 aromatic rings. The first kappa shape index (κ1) is 21.5. The van der Waals surface area contributed by atoms with Gasteiger partial charge in [0.15, 0.2) is 6.10 Å². The number of anilines is 1. The minimum absolute atomic E-state index is 0.310. The Morgan fingerprint density at radius 2 is 1.68 bits per heavy atom. The van der Waals surface area contributed by atoms with Crippen LogP contribution in [0.5, 0.6) is 0 Å². The Morgan fingerprint density at radius 1 is 1.04 bits per heavy atom. The third-order valence-corrected chi connectivity index (χ3v) is 4.69. The Kier molecular flexibility index (Phi) is 7.22. The lowest BCUT2D eigenvalue weighted by atomic mass is 10.0. The topological polar surface area (TPSA) is 84.5 Å². The van der Waals surface area contributed by atoms with Gasteiger partial charge in [0.2, 0.25) is 0 Å². The highest BCUT2D eigenvalue weighted by Crippen LogP contribution is 2.18. The van der Waals surface area contributed by atoms with Crippen molar-refractivity contribution >= 4 is 34.8 Å². The molecule has 0 aliphatic carbocycles. The summed E-state index contributed by atoms with van der Waals surface area (Å²) in [5, 5.41) is 6.37. The van der Waals surface area contributed by atoms with Crippen LogP contribution in [0, 0.1) is 17.6 Å². The summed E-state index contributed by atoms with van der Waals surface area (Å²) in [5.74, 6) is -4.36. The summed E-state index contributed by atoms with van der Waals surface area (Å²) in [6.45, 7) is 4.69. The quantitative estimate of drug-likeness (QED) is 0.686. The van der Waals surface area contributed by atoms with Gasteiger partial charge in [0.1, 0.15) is 23.4 Å². The molecule has 0 fully saturated rings. The van der Waals surface area contributed by atoms with E-state index in [-0.39, 0.29) is 5.92 Å². The highest BCUT2D eigenvalue weighted by Gasteiger charge is 2.30. The van der Waals surface area contributed by atoms with Crippen molar-refractivity contribution in [3.8, 4) is 0 Å². The summed E-state index contributed by atoms with van der Waals surface area (Å²) in [5.41, 5.74) is -0.623. The maximum absolute atomic E-state index is 13.6. The maximum atomic E-state index is 13.6. The van der Waals surface area contributed by atoms with Crippen molar-refractivity contribution in [1.82, 2.24) is 5.32 Å². The first-order valence-corrected chi connectivity index (χ1v) is 9.38. The molecule has 0 spiro atoms. The molecule has 2 N–H and O–H groups in total. The fourth-order valence-electron chi connectivity index (χ4n) is 2.26. The van der Waals surface area contributed by atoms with E-state index in [1.807, 2.05) is 0 Å². The predicted molar refractivity (Wildman–Crippen MR) is 101 cm³/mol. The minimum Gasteiger partial charge on any atom is -0.451 e. The van der Waals surface area contributed by atoms with E-state index >= 15 is 0 Å². The molecule has 0 radical (unpaired) electrons. The molecule has 0 aliphatic heterocycles. The molecule has 0 saturated heterocycles. The van der Waals surface area contributed by atoms with Crippen molar-refractivity contribution in [2.75, 3.05) is 5.32 Å². The van der Waals surface area contributed by atoms with Crippen molar-refractivity contribution in [2.24, 2.45) is 5.92 Å². The van der Waals surface area contributed by atoms with Crippen molar-refractivity contribution in [1.29, 1.82) is 0 Å². The van der Waals surface area contributed by atoms with Crippen LogP contribution in [0.2, 0.25) is 0 Å². The molecule has 1 aromatic heterocycles. The highest BCUT2D eigenvalue weighted by molar-refractivity contribution is 7.12. The molecule has 2 amide bonds. The number of carbonyl (C=O) groups excluding carboxylic acids is 3. The Morgan fingerprint density at radius 3 is 2.21 bits per heavy atom. The van der Waals surface area contributed by atoms with Crippen LogP contribution in [0.25, 0.3) is 0 Å². The number of ether oxygens (including phenoxy) is 1. The average molecular weight is 410 g/mol. The van der Waals surface area contributed by atoms with Gasteiger partial charge in [-0.3, -0.25) is 9.59 Å². The zero-order chi connectivity index (χ0) is 20.8. The van der Waals surface area contributed by atoms with Crippen molar-refractivity contribution < 1.29 is 27.9 Å². The maximum Gasteiger partial charge on any atom is 0.329 e. The van der Waals surface area contributed by atoms with Crippen molar-refractivity contribution in [3.63, 3.8) is 0 Å². The van der Waals surface area contributed by atoms with Crippen LogP contribution in [0.3, 0.4) is 0 Å². The lowest BCUT2D eigenvalue weighted by molar-refractivity contribution is -0.156. The lowest BCUT2D eigenvalue weighted by Gasteiger charge is -2.22. The summed E-state index contributed by atoms with van der Waals surface area (Å²) in [6, 6.07) is 5.47.